The van der Waals surface area contributed by atoms with Gasteiger partial charge in [-0.05, 0) is 35.2 Å². The van der Waals surface area contributed by atoms with Crippen LogP contribution >= 0.6 is 11.3 Å². The summed E-state index contributed by atoms with van der Waals surface area (Å²) in [5.74, 6) is -0.333. The maximum absolute atomic E-state index is 12.7. The van der Waals surface area contributed by atoms with E-state index in [1.807, 2.05) is 78.9 Å². The van der Waals surface area contributed by atoms with Crippen molar-refractivity contribution in [2.45, 2.75) is 6.10 Å². The molecule has 1 unspecified atom stereocenters. The first-order valence-corrected chi connectivity index (χ1v) is 8.78. The molecule has 0 spiro atoms. The molecule has 0 radical (unpaired) electrons. The fourth-order valence-corrected chi connectivity index (χ4v) is 3.65. The lowest BCUT2D eigenvalue weighted by Gasteiger charge is -2.17. The van der Waals surface area contributed by atoms with Crippen LogP contribution in [0.1, 0.15) is 27.0 Å². The van der Waals surface area contributed by atoms with E-state index in [0.717, 1.165) is 15.6 Å². The Bertz CT molecular complexity index is 924. The molecule has 25 heavy (non-hydrogen) atoms. The molecule has 0 bridgehead atoms. The van der Waals surface area contributed by atoms with Crippen molar-refractivity contribution in [2.24, 2.45) is 0 Å². The summed E-state index contributed by atoms with van der Waals surface area (Å²) < 4.78 is 6.92. The molecule has 122 valence electrons. The summed E-state index contributed by atoms with van der Waals surface area (Å²) >= 11 is 1.44. The number of hydrogen-bond acceptors (Lipinski definition) is 4. The lowest BCUT2D eigenvalue weighted by Crippen LogP contribution is -2.13. The van der Waals surface area contributed by atoms with Gasteiger partial charge in [0.2, 0.25) is 0 Å². The molecule has 4 rings (SSSR count). The van der Waals surface area contributed by atoms with Crippen molar-refractivity contribution < 1.29 is 9.53 Å². The molecule has 2 heterocycles. The molecule has 2 aromatic heterocycles. The predicted octanol–water partition coefficient (Wildman–Crippen LogP) is 5.24. The van der Waals surface area contributed by atoms with Crippen LogP contribution in [0, 0.1) is 0 Å². The zero-order valence-corrected chi connectivity index (χ0v) is 14.1. The average Bonchev–Trinajstić information content (AvgIpc) is 3.12. The number of thiophene rings is 1. The minimum Gasteiger partial charge on any atom is -0.447 e. The largest absolute Gasteiger partial charge is 0.447 e. The predicted molar refractivity (Wildman–Crippen MR) is 99.8 cm³/mol. The molecular formula is C21H15NO2S. The number of benzene rings is 2. The van der Waals surface area contributed by atoms with Gasteiger partial charge in [0.1, 0.15) is 4.88 Å². The Labute approximate surface area is 149 Å². The first-order valence-electron chi connectivity index (χ1n) is 7.97. The van der Waals surface area contributed by atoms with E-state index in [2.05, 4.69) is 4.98 Å². The molecule has 0 amide bonds. The SMILES string of the molecule is O=C(OC(c1ccccc1)c1ccccn1)c1cc2ccccc2s1. The zero-order chi connectivity index (χ0) is 17.1. The first kappa shape index (κ1) is 15.5. The van der Waals surface area contributed by atoms with Crippen LogP contribution in [0.25, 0.3) is 10.1 Å². The van der Waals surface area contributed by atoms with Crippen LogP contribution in [-0.2, 0) is 4.74 Å². The van der Waals surface area contributed by atoms with E-state index in [0.29, 0.717) is 10.6 Å². The van der Waals surface area contributed by atoms with Gasteiger partial charge in [-0.3, -0.25) is 4.98 Å². The van der Waals surface area contributed by atoms with Gasteiger partial charge in [-0.15, -0.1) is 11.3 Å². The van der Waals surface area contributed by atoms with Gasteiger partial charge in [-0.2, -0.15) is 0 Å². The summed E-state index contributed by atoms with van der Waals surface area (Å²) in [5, 5.41) is 1.05. The molecule has 0 aliphatic rings. The molecule has 3 nitrogen and oxygen atoms in total. The lowest BCUT2D eigenvalue weighted by atomic mass is 10.1. The monoisotopic (exact) mass is 345 g/mol. The molecule has 0 aliphatic heterocycles. The molecule has 0 fully saturated rings. The van der Waals surface area contributed by atoms with Crippen molar-refractivity contribution in [3.63, 3.8) is 0 Å². The highest BCUT2D eigenvalue weighted by atomic mass is 32.1. The van der Waals surface area contributed by atoms with Crippen LogP contribution in [0.5, 0.6) is 0 Å². The van der Waals surface area contributed by atoms with Gasteiger partial charge in [0, 0.05) is 10.9 Å². The number of carbonyl (C=O) groups is 1. The summed E-state index contributed by atoms with van der Waals surface area (Å²) in [7, 11) is 0. The summed E-state index contributed by atoms with van der Waals surface area (Å²) in [6.45, 7) is 0. The third-order valence-electron chi connectivity index (χ3n) is 3.91. The minimum absolute atomic E-state index is 0.333. The second-order valence-corrected chi connectivity index (χ2v) is 6.68. The van der Waals surface area contributed by atoms with Crippen LogP contribution in [0.4, 0.5) is 0 Å². The van der Waals surface area contributed by atoms with Crippen molar-refractivity contribution in [2.75, 3.05) is 0 Å². The second kappa shape index (κ2) is 6.87. The highest BCUT2D eigenvalue weighted by molar-refractivity contribution is 7.20. The molecule has 0 saturated heterocycles. The number of esters is 1. The van der Waals surface area contributed by atoms with Gasteiger partial charge in [0.15, 0.2) is 6.10 Å². The Hall–Kier alpha value is -2.98. The average molecular weight is 345 g/mol. The molecule has 0 aliphatic carbocycles. The maximum atomic E-state index is 12.7. The van der Waals surface area contributed by atoms with Crippen LogP contribution in [0.3, 0.4) is 0 Å². The van der Waals surface area contributed by atoms with E-state index in [1.54, 1.807) is 6.20 Å². The van der Waals surface area contributed by atoms with Crippen molar-refractivity contribution >= 4 is 27.4 Å². The number of ether oxygens (including phenoxy) is 1. The lowest BCUT2D eigenvalue weighted by molar-refractivity contribution is 0.0376. The van der Waals surface area contributed by atoms with Crippen molar-refractivity contribution in [3.8, 4) is 0 Å². The first-order chi connectivity index (χ1) is 12.3. The van der Waals surface area contributed by atoms with Gasteiger partial charge < -0.3 is 4.74 Å². The summed E-state index contributed by atoms with van der Waals surface area (Å²) in [4.78, 5) is 17.7. The van der Waals surface area contributed by atoms with E-state index >= 15 is 0 Å². The van der Waals surface area contributed by atoms with E-state index in [-0.39, 0.29) is 5.97 Å². The van der Waals surface area contributed by atoms with E-state index in [4.69, 9.17) is 4.74 Å². The van der Waals surface area contributed by atoms with Crippen molar-refractivity contribution in [1.82, 2.24) is 4.98 Å². The smallest absolute Gasteiger partial charge is 0.349 e. The number of hydrogen-bond donors (Lipinski definition) is 0. The van der Waals surface area contributed by atoms with Gasteiger partial charge in [0.25, 0.3) is 0 Å². The Morgan fingerprint density at radius 2 is 1.68 bits per heavy atom. The molecule has 0 N–H and O–H groups in total. The van der Waals surface area contributed by atoms with Crippen LogP contribution in [0.2, 0.25) is 0 Å². The fourth-order valence-electron chi connectivity index (χ4n) is 2.71. The summed E-state index contributed by atoms with van der Waals surface area (Å²) in [5.41, 5.74) is 1.61. The molecular weight excluding hydrogens is 330 g/mol. The highest BCUT2D eigenvalue weighted by Gasteiger charge is 2.22. The summed E-state index contributed by atoms with van der Waals surface area (Å²) in [6.07, 6.45) is 1.18. The van der Waals surface area contributed by atoms with Gasteiger partial charge in [-0.25, -0.2) is 4.79 Å². The van der Waals surface area contributed by atoms with Crippen LogP contribution < -0.4 is 0 Å². The third kappa shape index (κ3) is 3.30. The second-order valence-electron chi connectivity index (χ2n) is 5.60. The molecule has 0 saturated carbocycles. The topological polar surface area (TPSA) is 39.2 Å². The van der Waals surface area contributed by atoms with Crippen LogP contribution in [-0.4, -0.2) is 11.0 Å². The Balaban J connectivity index is 1.67. The Morgan fingerprint density at radius 3 is 2.44 bits per heavy atom. The number of aromatic nitrogens is 1. The number of pyridine rings is 1. The standard InChI is InChI=1S/C21H15NO2S/c23-21(19-14-16-10-4-5-12-18(16)25-19)24-20(15-8-2-1-3-9-15)17-11-6-7-13-22-17/h1-14,20H. The van der Waals surface area contributed by atoms with E-state index in [1.165, 1.54) is 11.3 Å². The number of fused-ring (bicyclic) bond motifs is 1. The quantitative estimate of drug-likeness (QED) is 0.475. The van der Waals surface area contributed by atoms with Crippen molar-refractivity contribution in [3.05, 3.63) is 101 Å². The molecule has 2 aromatic carbocycles. The fraction of sp³-hybridized carbons (Fsp3) is 0.0476. The highest BCUT2D eigenvalue weighted by Crippen LogP contribution is 2.30. The third-order valence-corrected chi connectivity index (χ3v) is 5.01. The molecule has 1 atom stereocenters. The Kier molecular flexibility index (Phi) is 4.27. The zero-order valence-electron chi connectivity index (χ0n) is 13.3. The van der Waals surface area contributed by atoms with Gasteiger partial charge in [-0.1, -0.05) is 54.6 Å². The van der Waals surface area contributed by atoms with E-state index < -0.39 is 6.10 Å². The number of rotatable bonds is 4. The number of carbonyl (C=O) groups excluding carboxylic acids is 1. The van der Waals surface area contributed by atoms with Gasteiger partial charge >= 0.3 is 5.97 Å². The minimum atomic E-state index is -0.528. The Morgan fingerprint density at radius 1 is 0.920 bits per heavy atom. The normalized spacial score (nSPS) is 12.0. The molecule has 4 aromatic rings. The maximum Gasteiger partial charge on any atom is 0.349 e. The van der Waals surface area contributed by atoms with Gasteiger partial charge in [0.05, 0.1) is 5.69 Å². The molecule has 4 heteroatoms. The number of nitrogens with zero attached hydrogens (tertiary/aromatic N) is 1. The summed E-state index contributed by atoms with van der Waals surface area (Å²) in [6, 6.07) is 25.1. The van der Waals surface area contributed by atoms with Crippen molar-refractivity contribution in [1.29, 1.82) is 0 Å². The van der Waals surface area contributed by atoms with E-state index in [9.17, 15) is 4.79 Å². The van der Waals surface area contributed by atoms with Crippen LogP contribution in [0.15, 0.2) is 85.1 Å².